The van der Waals surface area contributed by atoms with Crippen molar-refractivity contribution in [3.63, 3.8) is 0 Å². The zero-order valence-electron chi connectivity index (χ0n) is 15.0. The van der Waals surface area contributed by atoms with Crippen molar-refractivity contribution in [2.45, 2.75) is 52.1 Å². The molecule has 2 rings (SSSR count). The van der Waals surface area contributed by atoms with Crippen molar-refractivity contribution >= 4 is 0 Å². The zero-order valence-corrected chi connectivity index (χ0v) is 15.0. The van der Waals surface area contributed by atoms with Crippen molar-refractivity contribution < 1.29 is 9.47 Å². The fourth-order valence-corrected chi connectivity index (χ4v) is 2.55. The highest BCUT2D eigenvalue weighted by molar-refractivity contribution is 5.33. The van der Waals surface area contributed by atoms with Gasteiger partial charge < -0.3 is 9.47 Å². The van der Waals surface area contributed by atoms with Crippen LogP contribution in [0.2, 0.25) is 0 Å². The van der Waals surface area contributed by atoms with Crippen LogP contribution in [0.25, 0.3) is 0 Å². The first-order chi connectivity index (χ1) is 12.3. The summed E-state index contributed by atoms with van der Waals surface area (Å²) in [7, 11) is 0. The molecule has 2 aromatic carbocycles. The molecule has 0 aliphatic carbocycles. The molecule has 25 heavy (non-hydrogen) atoms. The summed E-state index contributed by atoms with van der Waals surface area (Å²) in [6, 6.07) is 17.3. The summed E-state index contributed by atoms with van der Waals surface area (Å²) in [6.07, 6.45) is 7.62. The van der Waals surface area contributed by atoms with Gasteiger partial charge in [-0.2, -0.15) is 5.26 Å². The fourth-order valence-electron chi connectivity index (χ4n) is 2.55. The molecular formula is C22H27NO2. The monoisotopic (exact) mass is 337 g/mol. The van der Waals surface area contributed by atoms with Gasteiger partial charge in [-0.3, -0.25) is 0 Å². The molecule has 0 saturated carbocycles. The molecule has 2 aromatic rings. The van der Waals surface area contributed by atoms with E-state index in [1.165, 1.54) is 32.1 Å². The van der Waals surface area contributed by atoms with Crippen LogP contribution in [0.3, 0.4) is 0 Å². The number of benzene rings is 2. The van der Waals surface area contributed by atoms with Gasteiger partial charge in [0.05, 0.1) is 18.2 Å². The normalized spacial score (nSPS) is 10.2. The number of nitrogens with zero attached hydrogens (tertiary/aromatic N) is 1. The van der Waals surface area contributed by atoms with E-state index in [0.717, 1.165) is 30.1 Å². The lowest BCUT2D eigenvalue weighted by atomic mass is 10.1. The minimum Gasteiger partial charge on any atom is -0.494 e. The van der Waals surface area contributed by atoms with E-state index >= 15 is 0 Å². The van der Waals surface area contributed by atoms with Crippen molar-refractivity contribution in [3.05, 3.63) is 59.7 Å². The van der Waals surface area contributed by atoms with Crippen molar-refractivity contribution in [3.8, 4) is 17.6 Å². The number of nitriles is 1. The van der Waals surface area contributed by atoms with Crippen LogP contribution in [0.5, 0.6) is 11.5 Å². The smallest absolute Gasteiger partial charge is 0.120 e. The van der Waals surface area contributed by atoms with Gasteiger partial charge in [0.25, 0.3) is 0 Å². The van der Waals surface area contributed by atoms with Gasteiger partial charge in [-0.05, 0) is 48.4 Å². The molecule has 0 spiro atoms. The van der Waals surface area contributed by atoms with Crippen LogP contribution in [-0.4, -0.2) is 6.61 Å². The highest BCUT2D eigenvalue weighted by atomic mass is 16.5. The van der Waals surface area contributed by atoms with Crippen LogP contribution < -0.4 is 9.47 Å². The fraction of sp³-hybridized carbons (Fsp3) is 0.409. The predicted molar refractivity (Wildman–Crippen MR) is 101 cm³/mol. The molecule has 0 aliphatic heterocycles. The average Bonchev–Trinajstić information content (AvgIpc) is 2.67. The van der Waals surface area contributed by atoms with Crippen LogP contribution in [0.1, 0.15) is 56.6 Å². The van der Waals surface area contributed by atoms with E-state index in [4.69, 9.17) is 14.7 Å². The molecule has 132 valence electrons. The third kappa shape index (κ3) is 7.30. The molecule has 0 aliphatic rings. The summed E-state index contributed by atoms with van der Waals surface area (Å²) in [6.45, 7) is 3.50. The molecule has 0 radical (unpaired) electrons. The molecular weight excluding hydrogens is 310 g/mol. The van der Waals surface area contributed by atoms with Gasteiger partial charge in [0.2, 0.25) is 0 Å². The van der Waals surface area contributed by atoms with Gasteiger partial charge >= 0.3 is 0 Å². The second kappa shape index (κ2) is 11.1. The third-order valence-corrected chi connectivity index (χ3v) is 4.08. The molecule has 0 fully saturated rings. The summed E-state index contributed by atoms with van der Waals surface area (Å²) >= 11 is 0. The van der Waals surface area contributed by atoms with Gasteiger partial charge in [-0.15, -0.1) is 0 Å². The highest BCUT2D eigenvalue weighted by Gasteiger charge is 1.99. The first-order valence-electron chi connectivity index (χ1n) is 9.16. The van der Waals surface area contributed by atoms with Crippen molar-refractivity contribution in [2.75, 3.05) is 6.61 Å². The summed E-state index contributed by atoms with van der Waals surface area (Å²) in [5, 5.41) is 8.80. The van der Waals surface area contributed by atoms with Crippen molar-refractivity contribution in [1.82, 2.24) is 0 Å². The van der Waals surface area contributed by atoms with E-state index in [0.29, 0.717) is 12.2 Å². The molecule has 0 atom stereocenters. The molecule has 0 heterocycles. The number of unbranched alkanes of at least 4 members (excludes halogenated alkanes) is 5. The maximum atomic E-state index is 8.80. The predicted octanol–water partition coefficient (Wildman–Crippen LogP) is 5.88. The average molecular weight is 337 g/mol. The highest BCUT2D eigenvalue weighted by Crippen LogP contribution is 2.19. The van der Waals surface area contributed by atoms with Crippen LogP contribution in [-0.2, 0) is 6.61 Å². The molecule has 3 heteroatoms. The molecule has 3 nitrogen and oxygen atoms in total. The Hall–Kier alpha value is -2.47. The Balaban J connectivity index is 1.66. The lowest BCUT2D eigenvalue weighted by Crippen LogP contribution is -1.98. The largest absolute Gasteiger partial charge is 0.494 e. The molecule has 0 aromatic heterocycles. The zero-order chi connectivity index (χ0) is 17.7. The first-order valence-corrected chi connectivity index (χ1v) is 9.16. The van der Waals surface area contributed by atoms with Gasteiger partial charge in [-0.1, -0.05) is 51.2 Å². The van der Waals surface area contributed by atoms with Crippen molar-refractivity contribution in [1.29, 1.82) is 5.26 Å². The summed E-state index contributed by atoms with van der Waals surface area (Å²) in [4.78, 5) is 0. The number of hydrogen-bond acceptors (Lipinski definition) is 3. The Morgan fingerprint density at radius 3 is 2.00 bits per heavy atom. The number of ether oxygens (including phenoxy) is 2. The Morgan fingerprint density at radius 2 is 1.36 bits per heavy atom. The molecule has 0 saturated heterocycles. The first kappa shape index (κ1) is 18.9. The lowest BCUT2D eigenvalue weighted by molar-refractivity contribution is 0.296. The maximum Gasteiger partial charge on any atom is 0.120 e. The minimum absolute atomic E-state index is 0.490. The van der Waals surface area contributed by atoms with Crippen molar-refractivity contribution in [2.24, 2.45) is 0 Å². The topological polar surface area (TPSA) is 42.2 Å². The lowest BCUT2D eigenvalue weighted by Gasteiger charge is -2.09. The standard InChI is InChI=1S/C22H27NO2/c1-2-3-4-5-6-7-16-24-21-12-14-22(15-13-21)25-18-20-10-8-19(17-23)9-11-20/h8-15H,2-7,16,18H2,1H3. The summed E-state index contributed by atoms with van der Waals surface area (Å²) < 4.78 is 11.5. The third-order valence-electron chi connectivity index (χ3n) is 4.08. The van der Waals surface area contributed by atoms with E-state index in [9.17, 15) is 0 Å². The van der Waals surface area contributed by atoms with Crippen LogP contribution in [0.15, 0.2) is 48.5 Å². The molecule has 0 bridgehead atoms. The Labute approximate surface area is 151 Å². The second-order valence-electron chi connectivity index (χ2n) is 6.19. The SMILES string of the molecule is CCCCCCCCOc1ccc(OCc2ccc(C#N)cc2)cc1. The van der Waals surface area contributed by atoms with E-state index in [-0.39, 0.29) is 0 Å². The number of hydrogen-bond donors (Lipinski definition) is 0. The maximum absolute atomic E-state index is 8.80. The Morgan fingerprint density at radius 1 is 0.760 bits per heavy atom. The van der Waals surface area contributed by atoms with Gasteiger partial charge in [0.15, 0.2) is 0 Å². The Kier molecular flexibility index (Phi) is 8.41. The molecule has 0 N–H and O–H groups in total. The van der Waals surface area contributed by atoms with E-state index < -0.39 is 0 Å². The van der Waals surface area contributed by atoms with Crippen LogP contribution >= 0.6 is 0 Å². The molecule has 0 amide bonds. The van der Waals surface area contributed by atoms with E-state index in [2.05, 4.69) is 13.0 Å². The summed E-state index contributed by atoms with van der Waals surface area (Å²) in [5.74, 6) is 1.70. The minimum atomic E-state index is 0.490. The van der Waals surface area contributed by atoms with Gasteiger partial charge in [-0.25, -0.2) is 0 Å². The second-order valence-corrected chi connectivity index (χ2v) is 6.19. The quantitative estimate of drug-likeness (QED) is 0.481. The summed E-state index contributed by atoms with van der Waals surface area (Å²) in [5.41, 5.74) is 1.71. The van der Waals surface area contributed by atoms with E-state index in [1.54, 1.807) is 12.1 Å². The van der Waals surface area contributed by atoms with Crippen LogP contribution in [0, 0.1) is 11.3 Å². The van der Waals surface area contributed by atoms with Gasteiger partial charge in [0, 0.05) is 0 Å². The van der Waals surface area contributed by atoms with Gasteiger partial charge in [0.1, 0.15) is 18.1 Å². The van der Waals surface area contributed by atoms with E-state index in [1.807, 2.05) is 36.4 Å². The molecule has 0 unspecified atom stereocenters. The Bertz CT molecular complexity index is 641. The number of rotatable bonds is 11. The van der Waals surface area contributed by atoms with Crippen LogP contribution in [0.4, 0.5) is 0 Å².